The number of nitrogens with one attached hydrogen (secondary N) is 1. The molecule has 1 fully saturated rings. The van der Waals surface area contributed by atoms with Crippen molar-refractivity contribution in [1.82, 2.24) is 5.32 Å². The summed E-state index contributed by atoms with van der Waals surface area (Å²) in [5, 5.41) is 2.81. The van der Waals surface area contributed by atoms with Crippen LogP contribution in [0.5, 0.6) is 0 Å². The molecule has 1 saturated carbocycles. The molecule has 2 aliphatic rings. The molecule has 1 aromatic heterocycles. The first kappa shape index (κ1) is 23.0. The molecule has 1 spiro atoms. The zero-order chi connectivity index (χ0) is 22.5. The lowest BCUT2D eigenvalue weighted by Gasteiger charge is -2.47. The highest BCUT2D eigenvalue weighted by molar-refractivity contribution is 7.93. The number of amides is 1. The van der Waals surface area contributed by atoms with Crippen molar-refractivity contribution in [3.05, 3.63) is 20.8 Å². The summed E-state index contributed by atoms with van der Waals surface area (Å²) in [7, 11) is -2.43. The Bertz CT molecular complexity index is 1020. The molecule has 1 unspecified atom stereocenters. The second kappa shape index (κ2) is 7.49. The number of halogens is 1. The van der Waals surface area contributed by atoms with E-state index >= 15 is 0 Å². The molecule has 0 bridgehead atoms. The van der Waals surface area contributed by atoms with Crippen LogP contribution in [0.15, 0.2) is 11.1 Å². The Morgan fingerprint density at radius 1 is 1.30 bits per heavy atom. The van der Waals surface area contributed by atoms with E-state index in [1.165, 1.54) is 13.2 Å². The third kappa shape index (κ3) is 3.97. The summed E-state index contributed by atoms with van der Waals surface area (Å²) in [5.41, 5.74) is -2.02. The van der Waals surface area contributed by atoms with Crippen molar-refractivity contribution < 1.29 is 27.5 Å². The van der Waals surface area contributed by atoms with E-state index < -0.39 is 37.8 Å². The van der Waals surface area contributed by atoms with Crippen LogP contribution in [-0.4, -0.2) is 49.5 Å². The smallest absolute Gasteiger partial charge is 0.413 e. The molecule has 1 atom stereocenters. The molecule has 2 heterocycles. The van der Waals surface area contributed by atoms with E-state index in [0.717, 1.165) is 17.8 Å². The average Bonchev–Trinajstić information content (AvgIpc) is 2.92. The van der Waals surface area contributed by atoms with Crippen LogP contribution in [-0.2, 0) is 24.8 Å². The zero-order valence-corrected chi connectivity index (χ0v) is 19.9. The number of esters is 1. The Labute approximate surface area is 184 Å². The highest BCUT2D eigenvalue weighted by Gasteiger charge is 2.59. The van der Waals surface area contributed by atoms with E-state index in [4.69, 9.17) is 21.1 Å². The van der Waals surface area contributed by atoms with Crippen LogP contribution in [0.25, 0.3) is 0 Å². The molecule has 1 N–H and O–H groups in total. The molecule has 0 saturated heterocycles. The molecular formula is C19H25ClN2O6S2. The topological polar surface area (TPSA) is 111 Å². The third-order valence-electron chi connectivity index (χ3n) is 5.20. The molecular weight excluding hydrogens is 452 g/mol. The van der Waals surface area contributed by atoms with Crippen LogP contribution in [0.3, 0.4) is 0 Å². The summed E-state index contributed by atoms with van der Waals surface area (Å²) >= 11 is 7.38. The van der Waals surface area contributed by atoms with Gasteiger partial charge in [0.1, 0.15) is 26.6 Å². The number of amidine groups is 1. The van der Waals surface area contributed by atoms with E-state index in [-0.39, 0.29) is 21.5 Å². The van der Waals surface area contributed by atoms with Crippen LogP contribution in [0.2, 0.25) is 5.02 Å². The van der Waals surface area contributed by atoms with Gasteiger partial charge in [-0.15, -0.1) is 11.3 Å². The van der Waals surface area contributed by atoms with Crippen LogP contribution in [0.1, 0.15) is 61.5 Å². The van der Waals surface area contributed by atoms with Gasteiger partial charge in [-0.3, -0.25) is 10.3 Å². The highest BCUT2D eigenvalue weighted by Crippen LogP contribution is 2.49. The Hall–Kier alpha value is -1.65. The first-order valence-corrected chi connectivity index (χ1v) is 12.3. The van der Waals surface area contributed by atoms with E-state index in [0.29, 0.717) is 17.7 Å². The lowest BCUT2D eigenvalue weighted by atomic mass is 9.82. The van der Waals surface area contributed by atoms with Gasteiger partial charge >= 0.3 is 12.1 Å². The van der Waals surface area contributed by atoms with Crippen LogP contribution >= 0.6 is 22.9 Å². The summed E-state index contributed by atoms with van der Waals surface area (Å²) in [4.78, 5) is 29.7. The van der Waals surface area contributed by atoms with Crippen molar-refractivity contribution in [2.45, 2.75) is 62.8 Å². The fourth-order valence-corrected chi connectivity index (χ4v) is 7.85. The number of thiophene rings is 1. The number of aliphatic imine (C=N–C) groups is 1. The van der Waals surface area contributed by atoms with Gasteiger partial charge in [-0.1, -0.05) is 11.6 Å². The lowest BCUT2D eigenvalue weighted by molar-refractivity contribution is 0.0557. The number of hydrogen-bond acceptors (Lipinski definition) is 8. The predicted molar refractivity (Wildman–Crippen MR) is 115 cm³/mol. The van der Waals surface area contributed by atoms with Gasteiger partial charge in [0.25, 0.3) is 0 Å². The molecule has 30 heavy (non-hydrogen) atoms. The largest absolute Gasteiger partial charge is 0.465 e. The highest BCUT2D eigenvalue weighted by atomic mass is 35.5. The summed E-state index contributed by atoms with van der Waals surface area (Å²) in [6.45, 7) is 6.78. The van der Waals surface area contributed by atoms with Gasteiger partial charge in [-0.2, -0.15) is 0 Å². The summed E-state index contributed by atoms with van der Waals surface area (Å²) in [6, 6.07) is 1.44. The number of rotatable bonds is 2. The summed E-state index contributed by atoms with van der Waals surface area (Å²) in [5.74, 6) is -0.775. The van der Waals surface area contributed by atoms with Gasteiger partial charge in [-0.25, -0.2) is 18.0 Å². The minimum absolute atomic E-state index is 0.0702. The standard InChI is InChI=1S/C19H25ClN2O6S2/c1-17(2,3)28-16(24)21-15-19(7-6-8-19)30(25,26)10-18(4,22-15)13-11(20)9-12(29-13)14(23)27-5/h9H,6-8,10H2,1-5H3,(H,21,22,24). The number of carbonyl (C=O) groups is 2. The molecule has 1 amide bonds. The van der Waals surface area contributed by atoms with Crippen molar-refractivity contribution >= 4 is 50.7 Å². The van der Waals surface area contributed by atoms with Gasteiger partial charge in [0.05, 0.1) is 22.8 Å². The Morgan fingerprint density at radius 3 is 2.43 bits per heavy atom. The van der Waals surface area contributed by atoms with Crippen molar-refractivity contribution in [1.29, 1.82) is 0 Å². The molecule has 1 aliphatic heterocycles. The Morgan fingerprint density at radius 2 is 1.93 bits per heavy atom. The van der Waals surface area contributed by atoms with Crippen LogP contribution in [0, 0.1) is 0 Å². The normalized spacial score (nSPS) is 24.5. The first-order chi connectivity index (χ1) is 13.7. The fourth-order valence-electron chi connectivity index (χ4n) is 3.68. The second-order valence-electron chi connectivity index (χ2n) is 8.75. The van der Waals surface area contributed by atoms with Crippen molar-refractivity contribution in [3.8, 4) is 0 Å². The number of sulfone groups is 1. The number of hydrogen-bond donors (Lipinski definition) is 1. The van der Waals surface area contributed by atoms with E-state index in [2.05, 4.69) is 10.3 Å². The van der Waals surface area contributed by atoms with Crippen molar-refractivity contribution in [2.24, 2.45) is 4.99 Å². The van der Waals surface area contributed by atoms with E-state index in [1.807, 2.05) is 0 Å². The van der Waals surface area contributed by atoms with Gasteiger partial charge in [0, 0.05) is 0 Å². The monoisotopic (exact) mass is 476 g/mol. The van der Waals surface area contributed by atoms with Crippen LogP contribution in [0.4, 0.5) is 4.79 Å². The molecule has 11 heteroatoms. The molecule has 0 aromatic carbocycles. The molecule has 1 aliphatic carbocycles. The average molecular weight is 477 g/mol. The molecule has 3 rings (SSSR count). The molecule has 1 aromatic rings. The maximum absolute atomic E-state index is 13.4. The number of methoxy groups -OCH3 is 1. The predicted octanol–water partition coefficient (Wildman–Crippen LogP) is 3.68. The first-order valence-electron chi connectivity index (χ1n) is 9.44. The van der Waals surface area contributed by atoms with Crippen molar-refractivity contribution in [3.63, 3.8) is 0 Å². The Balaban J connectivity index is 2.08. The minimum atomic E-state index is -3.68. The summed E-state index contributed by atoms with van der Waals surface area (Å²) < 4.78 is 35.5. The van der Waals surface area contributed by atoms with Gasteiger partial charge in [0.2, 0.25) is 0 Å². The molecule has 0 radical (unpaired) electrons. The SMILES string of the molecule is COC(=O)c1cc(Cl)c(C2(C)CS(=O)(=O)C3(CCC3)C(NC(=O)OC(C)(C)C)=N2)s1. The van der Waals surface area contributed by atoms with Crippen molar-refractivity contribution in [2.75, 3.05) is 12.9 Å². The maximum atomic E-state index is 13.4. The second-order valence-corrected chi connectivity index (χ2v) is 12.5. The lowest BCUT2D eigenvalue weighted by Crippen LogP contribution is -2.63. The quantitative estimate of drug-likeness (QED) is 0.652. The maximum Gasteiger partial charge on any atom is 0.413 e. The van der Waals surface area contributed by atoms with Gasteiger partial charge in [0.15, 0.2) is 9.84 Å². The third-order valence-corrected chi connectivity index (χ3v) is 9.71. The van der Waals surface area contributed by atoms with E-state index in [9.17, 15) is 18.0 Å². The number of carbonyl (C=O) groups excluding carboxylic acids is 2. The number of ether oxygens (including phenoxy) is 2. The minimum Gasteiger partial charge on any atom is -0.465 e. The zero-order valence-electron chi connectivity index (χ0n) is 17.5. The van der Waals surface area contributed by atoms with Gasteiger partial charge in [-0.05, 0) is 53.0 Å². The number of nitrogens with zero attached hydrogens (tertiary/aromatic N) is 1. The van der Waals surface area contributed by atoms with E-state index in [1.54, 1.807) is 27.7 Å². The molecule has 166 valence electrons. The van der Waals surface area contributed by atoms with Gasteiger partial charge < -0.3 is 9.47 Å². The fraction of sp³-hybridized carbons (Fsp3) is 0.632. The summed E-state index contributed by atoms with van der Waals surface area (Å²) in [6.07, 6.45) is 0.716. The molecule has 8 nitrogen and oxygen atoms in total. The Kier molecular flexibility index (Phi) is 5.75. The van der Waals surface area contributed by atoms with Crippen LogP contribution < -0.4 is 5.32 Å². The number of alkyl carbamates (subject to hydrolysis) is 1.